The number of halogens is 2. The van der Waals surface area contributed by atoms with Gasteiger partial charge >= 0.3 is 0 Å². The number of nitrogens with one attached hydrogen (secondary N) is 1. The van der Waals surface area contributed by atoms with E-state index in [4.69, 9.17) is 23.2 Å². The number of benzene rings is 3. The van der Waals surface area contributed by atoms with Crippen molar-refractivity contribution in [2.24, 2.45) is 0 Å². The lowest BCUT2D eigenvalue weighted by atomic mass is 10.0. The number of aryl methyl sites for hydroxylation is 1. The van der Waals surface area contributed by atoms with E-state index in [0.29, 0.717) is 6.42 Å². The first-order valence-electron chi connectivity index (χ1n) is 13.0. The number of amides is 2. The Morgan fingerprint density at radius 1 is 0.950 bits per heavy atom. The van der Waals surface area contributed by atoms with E-state index >= 15 is 0 Å². The first kappa shape index (κ1) is 31.5. The monoisotopic (exact) mass is 603 g/mol. The molecule has 3 aromatic rings. The highest BCUT2D eigenvalue weighted by Gasteiger charge is 2.33. The maximum absolute atomic E-state index is 14.1. The average molecular weight is 605 g/mol. The maximum atomic E-state index is 14.1. The molecule has 214 valence electrons. The van der Waals surface area contributed by atoms with Crippen LogP contribution >= 0.6 is 23.2 Å². The van der Waals surface area contributed by atoms with Crippen LogP contribution in [0.15, 0.2) is 72.8 Å². The van der Waals surface area contributed by atoms with Gasteiger partial charge in [0.1, 0.15) is 12.6 Å². The third-order valence-electron chi connectivity index (χ3n) is 6.74. The molecule has 10 heteroatoms. The van der Waals surface area contributed by atoms with E-state index in [9.17, 15) is 18.0 Å². The fraction of sp³-hybridized carbons (Fsp3) is 0.333. The summed E-state index contributed by atoms with van der Waals surface area (Å²) in [5, 5.41) is 3.44. The number of anilines is 1. The van der Waals surface area contributed by atoms with E-state index in [1.165, 1.54) is 23.1 Å². The predicted molar refractivity (Wildman–Crippen MR) is 162 cm³/mol. The van der Waals surface area contributed by atoms with Gasteiger partial charge in [0.05, 0.1) is 22.0 Å². The second-order valence-electron chi connectivity index (χ2n) is 9.84. The summed E-state index contributed by atoms with van der Waals surface area (Å²) in [6, 6.07) is 20.4. The zero-order chi connectivity index (χ0) is 29.4. The third kappa shape index (κ3) is 8.46. The molecule has 2 unspecified atom stereocenters. The van der Waals surface area contributed by atoms with Crippen molar-refractivity contribution in [2.45, 2.75) is 52.2 Å². The van der Waals surface area contributed by atoms with Gasteiger partial charge in [0, 0.05) is 19.0 Å². The van der Waals surface area contributed by atoms with Crippen molar-refractivity contribution in [2.75, 3.05) is 17.1 Å². The molecule has 0 radical (unpaired) electrons. The fourth-order valence-electron chi connectivity index (χ4n) is 4.22. The Bertz CT molecular complexity index is 1430. The van der Waals surface area contributed by atoms with Gasteiger partial charge in [-0.1, -0.05) is 84.7 Å². The van der Waals surface area contributed by atoms with E-state index < -0.39 is 28.5 Å². The molecule has 2 atom stereocenters. The molecule has 0 aliphatic carbocycles. The molecule has 0 aliphatic rings. The normalized spacial score (nSPS) is 12.8. The Labute approximate surface area is 247 Å². The Morgan fingerprint density at radius 3 is 2.20 bits per heavy atom. The molecular formula is C30H35Cl2N3O4S. The number of nitrogens with zero attached hydrogens (tertiary/aromatic N) is 2. The SMILES string of the molecule is CCC(C)NC(=O)C(Cc1ccccc1)N(Cc1ccccc1C)C(=O)CN(c1ccc(Cl)c(Cl)c1)S(C)(=O)=O. The van der Waals surface area contributed by atoms with Crippen molar-refractivity contribution in [3.63, 3.8) is 0 Å². The van der Waals surface area contributed by atoms with Gasteiger partial charge in [-0.05, 0) is 55.2 Å². The second kappa shape index (κ2) is 14.0. The summed E-state index contributed by atoms with van der Waals surface area (Å²) in [4.78, 5) is 29.3. The Balaban J connectivity index is 2.08. The average Bonchev–Trinajstić information content (AvgIpc) is 2.91. The molecule has 40 heavy (non-hydrogen) atoms. The van der Waals surface area contributed by atoms with Crippen LogP contribution in [0.4, 0.5) is 5.69 Å². The van der Waals surface area contributed by atoms with Crippen molar-refractivity contribution in [1.82, 2.24) is 10.2 Å². The van der Waals surface area contributed by atoms with Crippen molar-refractivity contribution < 1.29 is 18.0 Å². The third-order valence-corrected chi connectivity index (χ3v) is 8.62. The van der Waals surface area contributed by atoms with Crippen molar-refractivity contribution in [3.8, 4) is 0 Å². The van der Waals surface area contributed by atoms with E-state index in [1.54, 1.807) is 0 Å². The highest BCUT2D eigenvalue weighted by atomic mass is 35.5. The molecule has 0 aromatic heterocycles. The molecule has 0 aliphatic heterocycles. The van der Waals surface area contributed by atoms with Gasteiger partial charge in [0.25, 0.3) is 0 Å². The summed E-state index contributed by atoms with van der Waals surface area (Å²) >= 11 is 12.2. The van der Waals surface area contributed by atoms with Crippen LogP contribution in [0.2, 0.25) is 10.0 Å². The highest BCUT2D eigenvalue weighted by molar-refractivity contribution is 7.92. The van der Waals surface area contributed by atoms with Crippen molar-refractivity contribution in [1.29, 1.82) is 0 Å². The van der Waals surface area contributed by atoms with Crippen LogP contribution in [0.5, 0.6) is 0 Å². The molecule has 2 amide bonds. The van der Waals surface area contributed by atoms with Crippen LogP contribution in [-0.4, -0.2) is 50.0 Å². The zero-order valence-electron chi connectivity index (χ0n) is 23.1. The van der Waals surface area contributed by atoms with E-state index in [-0.39, 0.29) is 40.6 Å². The molecule has 3 rings (SSSR count). The number of carbonyl (C=O) groups excluding carboxylic acids is 2. The zero-order valence-corrected chi connectivity index (χ0v) is 25.4. The quantitative estimate of drug-likeness (QED) is 0.291. The molecule has 0 bridgehead atoms. The highest BCUT2D eigenvalue weighted by Crippen LogP contribution is 2.29. The molecule has 0 saturated carbocycles. The Morgan fingerprint density at radius 2 is 1.60 bits per heavy atom. The number of sulfonamides is 1. The topological polar surface area (TPSA) is 86.8 Å². The number of rotatable bonds is 12. The molecule has 0 heterocycles. The van der Waals surface area contributed by atoms with Gasteiger partial charge in [-0.25, -0.2) is 8.42 Å². The smallest absolute Gasteiger partial charge is 0.244 e. The predicted octanol–water partition coefficient (Wildman–Crippen LogP) is 5.62. The molecule has 0 fully saturated rings. The lowest BCUT2D eigenvalue weighted by Crippen LogP contribution is -2.54. The van der Waals surface area contributed by atoms with Crippen LogP contribution in [0, 0.1) is 6.92 Å². The summed E-state index contributed by atoms with van der Waals surface area (Å²) in [6.45, 7) is 5.40. The first-order valence-corrected chi connectivity index (χ1v) is 15.6. The second-order valence-corrected chi connectivity index (χ2v) is 12.6. The lowest BCUT2D eigenvalue weighted by molar-refractivity contribution is -0.140. The van der Waals surface area contributed by atoms with Gasteiger partial charge in [-0.3, -0.25) is 13.9 Å². The van der Waals surface area contributed by atoms with Crippen LogP contribution in [-0.2, 0) is 32.6 Å². The summed E-state index contributed by atoms with van der Waals surface area (Å²) < 4.78 is 26.7. The largest absolute Gasteiger partial charge is 0.352 e. The summed E-state index contributed by atoms with van der Waals surface area (Å²) in [7, 11) is -3.90. The molecular weight excluding hydrogens is 569 g/mol. The minimum absolute atomic E-state index is 0.107. The molecule has 7 nitrogen and oxygen atoms in total. The van der Waals surface area contributed by atoms with Gasteiger partial charge < -0.3 is 10.2 Å². The van der Waals surface area contributed by atoms with Crippen LogP contribution in [0.25, 0.3) is 0 Å². The number of hydrogen-bond acceptors (Lipinski definition) is 4. The van der Waals surface area contributed by atoms with Crippen molar-refractivity contribution in [3.05, 3.63) is 99.5 Å². The minimum Gasteiger partial charge on any atom is -0.352 e. The van der Waals surface area contributed by atoms with Crippen LogP contribution in [0.1, 0.15) is 37.0 Å². The molecule has 1 N–H and O–H groups in total. The fourth-order valence-corrected chi connectivity index (χ4v) is 5.35. The maximum Gasteiger partial charge on any atom is 0.244 e. The lowest BCUT2D eigenvalue weighted by Gasteiger charge is -2.34. The van der Waals surface area contributed by atoms with Crippen molar-refractivity contribution >= 4 is 50.7 Å². The van der Waals surface area contributed by atoms with E-state index in [2.05, 4.69) is 5.32 Å². The van der Waals surface area contributed by atoms with Gasteiger partial charge in [0.2, 0.25) is 21.8 Å². The van der Waals surface area contributed by atoms with Gasteiger partial charge in [-0.15, -0.1) is 0 Å². The molecule has 0 saturated heterocycles. The van der Waals surface area contributed by atoms with Gasteiger partial charge in [0.15, 0.2) is 0 Å². The Kier molecular flexibility index (Phi) is 11.0. The van der Waals surface area contributed by atoms with Crippen LogP contribution in [0.3, 0.4) is 0 Å². The molecule has 0 spiro atoms. The molecule has 3 aromatic carbocycles. The standard InChI is InChI=1S/C30H35Cl2N3O4S/c1-5-22(3)33-30(37)28(17-23-12-7-6-8-13-23)34(19-24-14-10-9-11-21(24)2)29(36)20-35(40(4,38)39)25-15-16-26(31)27(32)18-25/h6-16,18,22,28H,5,17,19-20H2,1-4H3,(H,33,37). The summed E-state index contributed by atoms with van der Waals surface area (Å²) in [5.74, 6) is -0.833. The van der Waals surface area contributed by atoms with E-state index in [1.807, 2.05) is 75.4 Å². The number of carbonyl (C=O) groups is 2. The van der Waals surface area contributed by atoms with E-state index in [0.717, 1.165) is 27.3 Å². The summed E-state index contributed by atoms with van der Waals surface area (Å²) in [5.41, 5.74) is 2.87. The minimum atomic E-state index is -3.90. The van der Waals surface area contributed by atoms with Crippen LogP contribution < -0.4 is 9.62 Å². The van der Waals surface area contributed by atoms with Gasteiger partial charge in [-0.2, -0.15) is 0 Å². The first-order chi connectivity index (χ1) is 18.9. The number of hydrogen-bond donors (Lipinski definition) is 1. The Hall–Kier alpha value is -3.07. The summed E-state index contributed by atoms with van der Waals surface area (Å²) in [6.07, 6.45) is 1.99.